The summed E-state index contributed by atoms with van der Waals surface area (Å²) in [6.07, 6.45) is 1.54. The molecule has 0 radical (unpaired) electrons. The van der Waals surface area contributed by atoms with E-state index in [0.717, 1.165) is 27.8 Å². The molecule has 6 heteroatoms. The number of nitrogens with one attached hydrogen (secondary N) is 1. The number of hydrazone groups is 1. The number of amides is 2. The van der Waals surface area contributed by atoms with E-state index < -0.39 is 10.9 Å². The van der Waals surface area contributed by atoms with E-state index in [9.17, 15) is 4.79 Å². The first kappa shape index (κ1) is 14.8. The molecule has 18 heavy (non-hydrogen) atoms. The van der Waals surface area contributed by atoms with Crippen molar-refractivity contribution in [3.05, 3.63) is 33.9 Å². The molecule has 1 aromatic rings. The van der Waals surface area contributed by atoms with Gasteiger partial charge in [-0.3, -0.25) is 0 Å². The highest BCUT2D eigenvalue weighted by Crippen LogP contribution is 2.33. The molecule has 2 amide bonds. The standard InChI is InChI=1S/C12H15Cl2N3O/c1-6-4-7(2)10(11(13)14)8(3)9(6)5-16-17-12(15)18/h4-5,11H,1-3H3,(H3,15,17,18). The fourth-order valence-electron chi connectivity index (χ4n) is 1.91. The molecule has 0 aliphatic rings. The van der Waals surface area contributed by atoms with Gasteiger partial charge in [0, 0.05) is 5.56 Å². The smallest absolute Gasteiger partial charge is 0.332 e. The van der Waals surface area contributed by atoms with E-state index in [0.29, 0.717) is 0 Å². The zero-order chi connectivity index (χ0) is 13.9. The fourth-order valence-corrected chi connectivity index (χ4v) is 2.58. The van der Waals surface area contributed by atoms with Crippen LogP contribution in [0.3, 0.4) is 0 Å². The molecule has 0 aliphatic heterocycles. The van der Waals surface area contributed by atoms with Gasteiger partial charge in [-0.15, -0.1) is 23.2 Å². The Morgan fingerprint density at radius 1 is 1.39 bits per heavy atom. The third-order valence-corrected chi connectivity index (χ3v) is 3.11. The summed E-state index contributed by atoms with van der Waals surface area (Å²) in [5.41, 5.74) is 11.8. The van der Waals surface area contributed by atoms with Crippen LogP contribution in [-0.2, 0) is 0 Å². The van der Waals surface area contributed by atoms with E-state index >= 15 is 0 Å². The molecular weight excluding hydrogens is 273 g/mol. The van der Waals surface area contributed by atoms with Crippen LogP contribution in [0.1, 0.15) is 32.7 Å². The van der Waals surface area contributed by atoms with Gasteiger partial charge in [0.05, 0.1) is 6.21 Å². The second-order valence-corrected chi connectivity index (χ2v) is 5.09. The third-order valence-electron chi connectivity index (χ3n) is 2.68. The van der Waals surface area contributed by atoms with Crippen molar-refractivity contribution in [1.82, 2.24) is 5.43 Å². The molecule has 0 saturated heterocycles. The summed E-state index contributed by atoms with van der Waals surface area (Å²) in [5.74, 6) is 0. The Balaban J connectivity index is 3.23. The van der Waals surface area contributed by atoms with Crippen molar-refractivity contribution in [1.29, 1.82) is 0 Å². The van der Waals surface area contributed by atoms with Gasteiger partial charge >= 0.3 is 6.03 Å². The number of nitrogens with zero attached hydrogens (tertiary/aromatic N) is 1. The van der Waals surface area contributed by atoms with E-state index in [1.165, 1.54) is 6.21 Å². The number of alkyl halides is 2. The van der Waals surface area contributed by atoms with Crippen LogP contribution < -0.4 is 11.2 Å². The molecule has 0 bridgehead atoms. The van der Waals surface area contributed by atoms with Crippen LogP contribution in [0.2, 0.25) is 0 Å². The highest BCUT2D eigenvalue weighted by atomic mass is 35.5. The third kappa shape index (κ3) is 3.37. The van der Waals surface area contributed by atoms with Gasteiger partial charge < -0.3 is 5.73 Å². The van der Waals surface area contributed by atoms with Crippen LogP contribution in [0.15, 0.2) is 11.2 Å². The molecule has 4 nitrogen and oxygen atoms in total. The van der Waals surface area contributed by atoms with Gasteiger partial charge in [-0.1, -0.05) is 6.07 Å². The number of hydrogen-bond acceptors (Lipinski definition) is 2. The summed E-state index contributed by atoms with van der Waals surface area (Å²) < 4.78 is 0. The number of primary amides is 1. The summed E-state index contributed by atoms with van der Waals surface area (Å²) >= 11 is 11.9. The quantitative estimate of drug-likeness (QED) is 0.501. The summed E-state index contributed by atoms with van der Waals surface area (Å²) in [5, 5.41) is 3.76. The number of halogens is 2. The Morgan fingerprint density at radius 2 is 2.00 bits per heavy atom. The molecule has 0 atom stereocenters. The predicted octanol–water partition coefficient (Wildman–Crippen LogP) is 3.09. The van der Waals surface area contributed by atoms with Crippen LogP contribution >= 0.6 is 23.2 Å². The average Bonchev–Trinajstić information content (AvgIpc) is 2.21. The normalized spacial score (nSPS) is 11.2. The Kier molecular flexibility index (Phi) is 4.99. The zero-order valence-electron chi connectivity index (χ0n) is 10.4. The molecule has 1 rings (SSSR count). The van der Waals surface area contributed by atoms with Crippen LogP contribution in [0.4, 0.5) is 4.79 Å². The summed E-state index contributed by atoms with van der Waals surface area (Å²) in [6, 6.07) is 1.27. The van der Waals surface area contributed by atoms with Crippen molar-refractivity contribution in [3.8, 4) is 0 Å². The van der Waals surface area contributed by atoms with E-state index in [2.05, 4.69) is 10.5 Å². The summed E-state index contributed by atoms with van der Waals surface area (Å²) in [7, 11) is 0. The van der Waals surface area contributed by atoms with Gasteiger partial charge in [-0.25, -0.2) is 10.2 Å². The number of nitrogens with two attached hydrogens (primary N) is 1. The molecule has 0 saturated carbocycles. The largest absolute Gasteiger partial charge is 0.350 e. The van der Waals surface area contributed by atoms with Gasteiger partial charge in [-0.05, 0) is 43.0 Å². The Hall–Kier alpha value is -1.26. The topological polar surface area (TPSA) is 67.5 Å². The van der Waals surface area contributed by atoms with Crippen molar-refractivity contribution >= 4 is 35.4 Å². The molecule has 0 unspecified atom stereocenters. The lowest BCUT2D eigenvalue weighted by atomic mass is 9.95. The fraction of sp³-hybridized carbons (Fsp3) is 0.333. The lowest BCUT2D eigenvalue weighted by molar-refractivity contribution is 0.249. The van der Waals surface area contributed by atoms with Gasteiger partial charge in [-0.2, -0.15) is 5.10 Å². The molecular formula is C12H15Cl2N3O. The molecule has 0 fully saturated rings. The molecule has 98 valence electrons. The van der Waals surface area contributed by atoms with Crippen molar-refractivity contribution < 1.29 is 4.79 Å². The molecule has 0 spiro atoms. The first-order chi connectivity index (χ1) is 8.34. The minimum atomic E-state index is -0.707. The second-order valence-electron chi connectivity index (χ2n) is 4.00. The lowest BCUT2D eigenvalue weighted by Crippen LogP contribution is -2.24. The molecule has 0 aliphatic carbocycles. The maximum absolute atomic E-state index is 10.5. The number of hydrogen-bond donors (Lipinski definition) is 2. The maximum atomic E-state index is 10.5. The zero-order valence-corrected chi connectivity index (χ0v) is 11.9. The maximum Gasteiger partial charge on any atom is 0.332 e. The van der Waals surface area contributed by atoms with Crippen molar-refractivity contribution in [3.63, 3.8) is 0 Å². The van der Waals surface area contributed by atoms with Crippen LogP contribution in [0, 0.1) is 20.8 Å². The van der Waals surface area contributed by atoms with Crippen molar-refractivity contribution in [2.75, 3.05) is 0 Å². The van der Waals surface area contributed by atoms with Gasteiger partial charge in [0.15, 0.2) is 0 Å². The van der Waals surface area contributed by atoms with E-state index in [1.54, 1.807) is 0 Å². The summed E-state index contributed by atoms with van der Waals surface area (Å²) in [4.78, 5) is 9.95. The minimum absolute atomic E-state index is 0.596. The number of carbonyl (C=O) groups is 1. The predicted molar refractivity (Wildman–Crippen MR) is 75.4 cm³/mol. The molecule has 3 N–H and O–H groups in total. The van der Waals surface area contributed by atoms with Gasteiger partial charge in [0.25, 0.3) is 0 Å². The SMILES string of the molecule is Cc1cc(C)c(C(Cl)Cl)c(C)c1C=NNC(N)=O. The van der Waals surface area contributed by atoms with E-state index in [1.807, 2.05) is 26.8 Å². The first-order valence-electron chi connectivity index (χ1n) is 5.32. The Morgan fingerprint density at radius 3 is 2.50 bits per heavy atom. The number of aryl methyl sites for hydroxylation is 2. The van der Waals surface area contributed by atoms with Crippen LogP contribution in [0.5, 0.6) is 0 Å². The molecule has 1 aromatic carbocycles. The monoisotopic (exact) mass is 287 g/mol. The Bertz CT molecular complexity index is 499. The average molecular weight is 288 g/mol. The highest BCUT2D eigenvalue weighted by Gasteiger charge is 2.14. The Labute approximate surface area is 116 Å². The number of rotatable bonds is 3. The molecule has 0 aromatic heterocycles. The highest BCUT2D eigenvalue weighted by molar-refractivity contribution is 6.44. The van der Waals surface area contributed by atoms with E-state index in [-0.39, 0.29) is 0 Å². The number of urea groups is 1. The first-order valence-corrected chi connectivity index (χ1v) is 6.19. The number of benzene rings is 1. The second kappa shape index (κ2) is 6.07. The minimum Gasteiger partial charge on any atom is -0.350 e. The molecule has 0 heterocycles. The summed E-state index contributed by atoms with van der Waals surface area (Å²) in [6.45, 7) is 5.82. The lowest BCUT2D eigenvalue weighted by Gasteiger charge is -2.15. The number of carbonyl (C=O) groups excluding carboxylic acids is 1. The van der Waals surface area contributed by atoms with Gasteiger partial charge in [0.1, 0.15) is 4.84 Å². The van der Waals surface area contributed by atoms with Crippen LogP contribution in [0.25, 0.3) is 0 Å². The van der Waals surface area contributed by atoms with E-state index in [4.69, 9.17) is 28.9 Å². The van der Waals surface area contributed by atoms with Crippen LogP contribution in [-0.4, -0.2) is 12.2 Å². The van der Waals surface area contributed by atoms with Gasteiger partial charge in [0.2, 0.25) is 0 Å². The van der Waals surface area contributed by atoms with Crippen molar-refractivity contribution in [2.45, 2.75) is 25.6 Å². The van der Waals surface area contributed by atoms with Crippen molar-refractivity contribution in [2.24, 2.45) is 10.8 Å².